The van der Waals surface area contributed by atoms with Gasteiger partial charge < -0.3 is 16.0 Å². The van der Waals surface area contributed by atoms with Gasteiger partial charge in [-0.3, -0.25) is 0 Å². The topological polar surface area (TPSA) is 85.7 Å². The summed E-state index contributed by atoms with van der Waals surface area (Å²) in [5.41, 5.74) is 3.32. The number of ether oxygens (including phenoxy) is 1. The Labute approximate surface area is 99.0 Å². The lowest BCUT2D eigenvalue weighted by Gasteiger charge is -2.11. The second-order valence-electron chi connectivity index (χ2n) is 3.48. The van der Waals surface area contributed by atoms with Crippen LogP contribution in [0, 0.1) is 0 Å². The lowest BCUT2D eigenvalue weighted by Crippen LogP contribution is -2.32. The molecule has 0 fully saturated rings. The lowest BCUT2D eigenvalue weighted by atomic mass is 10.0. The zero-order chi connectivity index (χ0) is 12.3. The molecule has 17 heavy (non-hydrogen) atoms. The third kappa shape index (κ3) is 1.88. The van der Waals surface area contributed by atoms with E-state index in [0.717, 1.165) is 22.1 Å². The summed E-state index contributed by atoms with van der Waals surface area (Å²) >= 11 is 0. The monoisotopic (exact) mass is 230 g/mol. The van der Waals surface area contributed by atoms with Crippen molar-refractivity contribution in [3.05, 3.63) is 42.0 Å². The van der Waals surface area contributed by atoms with Crippen LogP contribution in [0.4, 0.5) is 0 Å². The number of benzene rings is 2. The molecule has 88 valence electrons. The number of rotatable bonds is 2. The van der Waals surface area contributed by atoms with E-state index in [0.29, 0.717) is 5.84 Å². The molecule has 5 N–H and O–H groups in total. The van der Waals surface area contributed by atoms with Gasteiger partial charge in [-0.1, -0.05) is 24.3 Å². The first kappa shape index (κ1) is 11.2. The summed E-state index contributed by atoms with van der Waals surface area (Å²) in [5.74, 6) is 11.9. The zero-order valence-corrected chi connectivity index (χ0v) is 9.47. The molecule has 5 heteroatoms. The molecule has 2 aromatic carbocycles. The van der Waals surface area contributed by atoms with E-state index in [1.165, 1.54) is 0 Å². The minimum absolute atomic E-state index is 0.434. The Morgan fingerprint density at radius 2 is 1.88 bits per heavy atom. The highest BCUT2D eigenvalue weighted by Crippen LogP contribution is 2.28. The van der Waals surface area contributed by atoms with Crippen LogP contribution in [-0.4, -0.2) is 12.9 Å². The maximum Gasteiger partial charge on any atom is 0.167 e. The summed E-state index contributed by atoms with van der Waals surface area (Å²) in [7, 11) is 1.64. The molecule has 0 saturated heterocycles. The molecule has 0 aliphatic rings. The summed E-state index contributed by atoms with van der Waals surface area (Å²) in [4.78, 5) is 0. The molecular weight excluding hydrogens is 216 g/mol. The summed E-state index contributed by atoms with van der Waals surface area (Å²) in [6.45, 7) is 0. The first-order chi connectivity index (χ1) is 8.31. The van der Waals surface area contributed by atoms with E-state index in [1.54, 1.807) is 7.11 Å². The van der Waals surface area contributed by atoms with Crippen LogP contribution in [0.3, 0.4) is 0 Å². The Kier molecular flexibility index (Phi) is 3.11. The predicted octanol–water partition coefficient (Wildman–Crippen LogP) is 0.932. The Morgan fingerprint density at radius 3 is 2.47 bits per heavy atom. The molecule has 0 unspecified atom stereocenters. The van der Waals surface area contributed by atoms with E-state index in [4.69, 9.17) is 16.4 Å². The number of nitrogens with one attached hydrogen (secondary N) is 1. The quantitative estimate of drug-likeness (QED) is 0.310. The molecule has 2 aromatic rings. The number of hydrazone groups is 1. The fourth-order valence-electron chi connectivity index (χ4n) is 1.84. The van der Waals surface area contributed by atoms with Crippen molar-refractivity contribution in [3.8, 4) is 5.75 Å². The van der Waals surface area contributed by atoms with Crippen LogP contribution < -0.4 is 21.8 Å². The number of hydrogen-bond acceptors (Lipinski definition) is 4. The van der Waals surface area contributed by atoms with Crippen molar-refractivity contribution in [2.45, 2.75) is 0 Å². The van der Waals surface area contributed by atoms with E-state index in [2.05, 4.69) is 10.5 Å². The van der Waals surface area contributed by atoms with Gasteiger partial charge in [0.1, 0.15) is 5.75 Å². The molecule has 0 bridgehead atoms. The molecule has 5 nitrogen and oxygen atoms in total. The van der Waals surface area contributed by atoms with Gasteiger partial charge in [0.25, 0.3) is 0 Å². The van der Waals surface area contributed by atoms with Crippen LogP contribution in [0.5, 0.6) is 5.75 Å². The third-order valence-electron chi connectivity index (χ3n) is 2.62. The van der Waals surface area contributed by atoms with Crippen molar-refractivity contribution < 1.29 is 4.74 Å². The van der Waals surface area contributed by atoms with Gasteiger partial charge in [-0.2, -0.15) is 5.10 Å². The summed E-state index contributed by atoms with van der Waals surface area (Å²) in [5, 5.41) is 5.59. The third-order valence-corrected chi connectivity index (χ3v) is 2.62. The molecule has 0 aromatic heterocycles. The Morgan fingerprint density at radius 1 is 1.18 bits per heavy atom. The largest absolute Gasteiger partial charge is 0.496 e. The number of nitrogens with two attached hydrogens (primary N) is 2. The molecule has 0 saturated carbocycles. The minimum Gasteiger partial charge on any atom is -0.496 e. The van der Waals surface area contributed by atoms with Crippen molar-refractivity contribution in [1.82, 2.24) is 5.43 Å². The van der Waals surface area contributed by atoms with Gasteiger partial charge in [-0.05, 0) is 17.5 Å². The Balaban J connectivity index is 2.75. The second-order valence-corrected chi connectivity index (χ2v) is 3.48. The molecule has 0 aliphatic carbocycles. The highest BCUT2D eigenvalue weighted by atomic mass is 16.5. The number of methoxy groups -OCH3 is 1. The second kappa shape index (κ2) is 4.71. The van der Waals surface area contributed by atoms with Gasteiger partial charge in [0, 0.05) is 10.9 Å². The highest BCUT2D eigenvalue weighted by molar-refractivity contribution is 6.10. The van der Waals surface area contributed by atoms with Crippen LogP contribution in [0.15, 0.2) is 41.5 Å². The fourth-order valence-corrected chi connectivity index (χ4v) is 1.84. The summed E-state index contributed by atoms with van der Waals surface area (Å²) in [6.07, 6.45) is 0. The highest BCUT2D eigenvalue weighted by Gasteiger charge is 2.09. The number of nitrogens with zero attached hydrogens (tertiary/aromatic N) is 1. The smallest absolute Gasteiger partial charge is 0.167 e. The van der Waals surface area contributed by atoms with Crippen molar-refractivity contribution >= 4 is 16.6 Å². The molecule has 0 radical (unpaired) electrons. The lowest BCUT2D eigenvalue weighted by molar-refractivity contribution is 0.420. The first-order valence-corrected chi connectivity index (χ1v) is 5.12. The number of hydrazine groups is 1. The normalized spacial score (nSPS) is 11.5. The number of fused-ring (bicyclic) bond motifs is 1. The number of hydrogen-bond donors (Lipinski definition) is 3. The summed E-state index contributed by atoms with van der Waals surface area (Å²) < 4.78 is 5.31. The minimum atomic E-state index is 0.434. The van der Waals surface area contributed by atoms with E-state index in [1.807, 2.05) is 36.4 Å². The average Bonchev–Trinajstić information content (AvgIpc) is 2.40. The van der Waals surface area contributed by atoms with Crippen LogP contribution in [-0.2, 0) is 0 Å². The first-order valence-electron chi connectivity index (χ1n) is 5.12. The molecular formula is C12H14N4O. The maximum absolute atomic E-state index is 5.38. The van der Waals surface area contributed by atoms with Crippen LogP contribution in [0.2, 0.25) is 0 Å². The molecule has 2 rings (SSSR count). The molecule has 0 heterocycles. The van der Waals surface area contributed by atoms with Crippen LogP contribution in [0.1, 0.15) is 5.56 Å². The SMILES string of the molecule is COc1ccc(/C(=N/N)NN)c2ccccc12. The van der Waals surface area contributed by atoms with Gasteiger partial charge in [0.15, 0.2) is 5.84 Å². The fraction of sp³-hybridized carbons (Fsp3) is 0.0833. The Hall–Kier alpha value is -2.27. The van der Waals surface area contributed by atoms with Crippen LogP contribution >= 0.6 is 0 Å². The van der Waals surface area contributed by atoms with E-state index < -0.39 is 0 Å². The van der Waals surface area contributed by atoms with Crippen LogP contribution in [0.25, 0.3) is 10.8 Å². The molecule has 0 aliphatic heterocycles. The van der Waals surface area contributed by atoms with Gasteiger partial charge >= 0.3 is 0 Å². The van der Waals surface area contributed by atoms with E-state index >= 15 is 0 Å². The average molecular weight is 230 g/mol. The van der Waals surface area contributed by atoms with E-state index in [9.17, 15) is 0 Å². The molecule has 0 amide bonds. The van der Waals surface area contributed by atoms with Crippen molar-refractivity contribution in [2.24, 2.45) is 16.8 Å². The van der Waals surface area contributed by atoms with Crippen molar-refractivity contribution in [3.63, 3.8) is 0 Å². The van der Waals surface area contributed by atoms with Crippen molar-refractivity contribution in [1.29, 1.82) is 0 Å². The van der Waals surface area contributed by atoms with E-state index in [-0.39, 0.29) is 0 Å². The molecule has 0 spiro atoms. The number of amidine groups is 1. The van der Waals surface area contributed by atoms with Gasteiger partial charge in [-0.25, -0.2) is 5.84 Å². The van der Waals surface area contributed by atoms with Gasteiger partial charge in [0.2, 0.25) is 0 Å². The predicted molar refractivity (Wildman–Crippen MR) is 68.5 cm³/mol. The zero-order valence-electron chi connectivity index (χ0n) is 9.47. The van der Waals surface area contributed by atoms with Gasteiger partial charge in [-0.15, -0.1) is 0 Å². The molecule has 0 atom stereocenters. The van der Waals surface area contributed by atoms with Gasteiger partial charge in [0.05, 0.1) is 7.11 Å². The van der Waals surface area contributed by atoms with Crippen molar-refractivity contribution in [2.75, 3.05) is 7.11 Å². The standard InChI is InChI=1S/C12H14N4O/c1-17-11-7-6-10(12(15-13)16-14)8-4-2-3-5-9(8)11/h2-7H,13-14H2,1H3,(H,15,16). The Bertz CT molecular complexity index is 565. The maximum atomic E-state index is 5.38. The summed E-state index contributed by atoms with van der Waals surface area (Å²) in [6, 6.07) is 11.6.